The molecule has 2 heterocycles. The number of rotatable bonds is 4. The van der Waals surface area contributed by atoms with Gasteiger partial charge in [0.1, 0.15) is 17.5 Å². The van der Waals surface area contributed by atoms with Crippen LogP contribution in [0.4, 0.5) is 0 Å². The second-order valence-corrected chi connectivity index (χ2v) is 5.63. The van der Waals surface area contributed by atoms with Crippen LogP contribution < -0.4 is 0 Å². The third-order valence-corrected chi connectivity index (χ3v) is 3.92. The minimum Gasteiger partial charge on any atom is -0.298 e. The highest BCUT2D eigenvalue weighted by Crippen LogP contribution is 2.47. The number of hydrogen-bond donors (Lipinski definition) is 0. The highest BCUT2D eigenvalue weighted by atomic mass is 35.5. The zero-order valence-electron chi connectivity index (χ0n) is 12.2. The van der Waals surface area contributed by atoms with Crippen LogP contribution in [-0.4, -0.2) is 36.4 Å². The Balaban J connectivity index is 1.95. The van der Waals surface area contributed by atoms with Crippen molar-refractivity contribution in [3.05, 3.63) is 29.2 Å². The maximum atomic E-state index is 11.7. The van der Waals surface area contributed by atoms with Crippen molar-refractivity contribution in [1.29, 1.82) is 0 Å². The van der Waals surface area contributed by atoms with E-state index in [4.69, 9.17) is 11.6 Å². The van der Waals surface area contributed by atoms with E-state index < -0.39 is 0 Å². The van der Waals surface area contributed by atoms with Gasteiger partial charge in [0.15, 0.2) is 11.6 Å². The first-order chi connectivity index (χ1) is 9.99. The van der Waals surface area contributed by atoms with Crippen LogP contribution in [0, 0.1) is 26.7 Å². The maximum absolute atomic E-state index is 11.7. The molecule has 7 heteroatoms. The predicted molar refractivity (Wildman–Crippen MR) is 77.7 cm³/mol. The van der Waals surface area contributed by atoms with Crippen LogP contribution in [-0.2, 0) is 4.79 Å². The van der Waals surface area contributed by atoms with Gasteiger partial charge < -0.3 is 0 Å². The van der Waals surface area contributed by atoms with E-state index in [1.165, 1.54) is 0 Å². The number of carbonyl (C=O) groups excluding carboxylic acids is 1. The third-order valence-electron chi connectivity index (χ3n) is 3.65. The topological polar surface area (TPSA) is 73.6 Å². The summed E-state index contributed by atoms with van der Waals surface area (Å²) in [5, 5.41) is 4.34. The Morgan fingerprint density at radius 1 is 1.29 bits per heavy atom. The monoisotopic (exact) mass is 305 g/mol. The van der Waals surface area contributed by atoms with Crippen molar-refractivity contribution in [3.63, 3.8) is 0 Å². The molecule has 2 aromatic rings. The van der Waals surface area contributed by atoms with Gasteiger partial charge in [0.25, 0.3) is 0 Å². The van der Waals surface area contributed by atoms with Crippen LogP contribution in [0.1, 0.15) is 35.5 Å². The minimum atomic E-state index is 0.00299. The highest BCUT2D eigenvalue weighted by molar-refractivity contribution is 6.28. The van der Waals surface area contributed by atoms with E-state index >= 15 is 0 Å². The Morgan fingerprint density at radius 3 is 2.67 bits per heavy atom. The van der Waals surface area contributed by atoms with Gasteiger partial charge in [0, 0.05) is 17.9 Å². The van der Waals surface area contributed by atoms with E-state index in [1.807, 2.05) is 26.8 Å². The van der Waals surface area contributed by atoms with Gasteiger partial charge in [-0.05, 0) is 27.2 Å². The summed E-state index contributed by atoms with van der Waals surface area (Å²) >= 11 is 5.62. The molecule has 3 rings (SSSR count). The summed E-state index contributed by atoms with van der Waals surface area (Å²) < 4.78 is 1.70. The summed E-state index contributed by atoms with van der Waals surface area (Å²) in [6.45, 7) is 5.56. The van der Waals surface area contributed by atoms with E-state index in [-0.39, 0.29) is 23.5 Å². The van der Waals surface area contributed by atoms with Crippen molar-refractivity contribution in [2.45, 2.75) is 33.1 Å². The largest absolute Gasteiger partial charge is 0.298 e. The quantitative estimate of drug-likeness (QED) is 0.807. The first-order valence-corrected chi connectivity index (χ1v) is 7.38. The van der Waals surface area contributed by atoms with Crippen LogP contribution in [0.5, 0.6) is 0 Å². The van der Waals surface area contributed by atoms with Crippen LogP contribution in [0.25, 0.3) is 5.82 Å². The van der Waals surface area contributed by atoms with Crippen molar-refractivity contribution in [3.8, 4) is 5.82 Å². The Labute approximate surface area is 127 Å². The molecule has 0 saturated heterocycles. The smallest absolute Gasteiger partial charge is 0.159 e. The standard InChI is InChI=1S/C14H16ClN5O/c1-7-17-12(10-4-11(10)13(21)6-15)5-14(18-7)20-9(3)16-8(2)19-20/h5,10-11H,4,6H2,1-3H3/t10?,11-/m1/s1. The molecular formula is C14H16ClN5O. The Hall–Kier alpha value is -1.82. The molecule has 1 aliphatic rings. The van der Waals surface area contributed by atoms with Gasteiger partial charge in [0.2, 0.25) is 0 Å². The maximum Gasteiger partial charge on any atom is 0.159 e. The predicted octanol–water partition coefficient (Wildman–Crippen LogP) is 1.89. The molecule has 0 spiro atoms. The van der Waals surface area contributed by atoms with Crippen molar-refractivity contribution >= 4 is 17.4 Å². The number of aryl methyl sites for hydroxylation is 3. The minimum absolute atomic E-state index is 0.00299. The number of alkyl halides is 1. The molecule has 2 atom stereocenters. The summed E-state index contributed by atoms with van der Waals surface area (Å²) in [5.74, 6) is 3.16. The average Bonchev–Trinajstić information content (AvgIpc) is 3.17. The number of halogens is 1. The lowest BCUT2D eigenvalue weighted by Crippen LogP contribution is -2.08. The van der Waals surface area contributed by atoms with Crippen molar-refractivity contribution in [2.75, 3.05) is 5.88 Å². The van der Waals surface area contributed by atoms with E-state index in [9.17, 15) is 4.79 Å². The fraction of sp³-hybridized carbons (Fsp3) is 0.500. The molecule has 0 radical (unpaired) electrons. The highest BCUT2D eigenvalue weighted by Gasteiger charge is 2.44. The number of hydrogen-bond acceptors (Lipinski definition) is 5. The summed E-state index contributed by atoms with van der Waals surface area (Å²) in [5.41, 5.74) is 0.883. The van der Waals surface area contributed by atoms with Gasteiger partial charge in [-0.1, -0.05) is 0 Å². The normalized spacial score (nSPS) is 20.6. The molecule has 1 fully saturated rings. The Morgan fingerprint density at radius 2 is 2.05 bits per heavy atom. The fourth-order valence-corrected chi connectivity index (χ4v) is 2.79. The van der Waals surface area contributed by atoms with Gasteiger partial charge >= 0.3 is 0 Å². The van der Waals surface area contributed by atoms with Gasteiger partial charge in [-0.15, -0.1) is 16.7 Å². The van der Waals surface area contributed by atoms with Crippen molar-refractivity contribution in [2.24, 2.45) is 5.92 Å². The summed E-state index contributed by atoms with van der Waals surface area (Å²) in [7, 11) is 0. The molecule has 1 aliphatic carbocycles. The van der Waals surface area contributed by atoms with Gasteiger partial charge in [-0.3, -0.25) is 4.79 Å². The number of nitrogens with zero attached hydrogens (tertiary/aromatic N) is 5. The molecule has 110 valence electrons. The molecule has 6 nitrogen and oxygen atoms in total. The summed E-state index contributed by atoms with van der Waals surface area (Å²) in [6.07, 6.45) is 0.816. The molecule has 0 aliphatic heterocycles. The second kappa shape index (κ2) is 5.18. The molecule has 0 bridgehead atoms. The van der Waals surface area contributed by atoms with E-state index in [0.29, 0.717) is 17.5 Å². The van der Waals surface area contributed by atoms with Gasteiger partial charge in [-0.25, -0.2) is 15.0 Å². The Bertz CT molecular complexity index is 711. The summed E-state index contributed by atoms with van der Waals surface area (Å²) in [6, 6.07) is 1.89. The molecule has 0 amide bonds. The van der Waals surface area contributed by atoms with Crippen LogP contribution >= 0.6 is 11.6 Å². The fourth-order valence-electron chi connectivity index (χ4n) is 2.59. The number of aromatic nitrogens is 5. The Kier molecular flexibility index (Phi) is 3.49. The van der Waals surface area contributed by atoms with E-state index in [2.05, 4.69) is 20.1 Å². The molecule has 2 aromatic heterocycles. The van der Waals surface area contributed by atoms with Gasteiger partial charge in [-0.2, -0.15) is 4.68 Å². The molecule has 0 aromatic carbocycles. The van der Waals surface area contributed by atoms with Gasteiger partial charge in [0.05, 0.1) is 11.6 Å². The SMILES string of the molecule is Cc1nc(C2C[C@H]2C(=O)CCl)cc(-n2nc(C)nc2C)n1. The first kappa shape index (κ1) is 14.1. The molecule has 21 heavy (non-hydrogen) atoms. The van der Waals surface area contributed by atoms with Crippen molar-refractivity contribution < 1.29 is 4.79 Å². The number of Topliss-reactive ketones (excluding diaryl/α,β-unsaturated/α-hetero) is 1. The molecule has 0 N–H and O–H groups in total. The van der Waals surface area contributed by atoms with E-state index in [0.717, 1.165) is 17.9 Å². The van der Waals surface area contributed by atoms with Crippen molar-refractivity contribution in [1.82, 2.24) is 24.7 Å². The number of ketones is 1. The lowest BCUT2D eigenvalue weighted by Gasteiger charge is -2.06. The van der Waals surface area contributed by atoms with E-state index in [1.54, 1.807) is 4.68 Å². The van der Waals surface area contributed by atoms with Crippen LogP contribution in [0.15, 0.2) is 6.07 Å². The lowest BCUT2D eigenvalue weighted by molar-refractivity contribution is -0.117. The molecule has 1 saturated carbocycles. The molecule has 1 unspecified atom stereocenters. The zero-order valence-corrected chi connectivity index (χ0v) is 12.9. The van der Waals surface area contributed by atoms with Crippen LogP contribution in [0.2, 0.25) is 0 Å². The molecular weight excluding hydrogens is 290 g/mol. The first-order valence-electron chi connectivity index (χ1n) is 6.84. The van der Waals surface area contributed by atoms with Crippen LogP contribution in [0.3, 0.4) is 0 Å². The lowest BCUT2D eigenvalue weighted by atomic mass is 10.2. The zero-order chi connectivity index (χ0) is 15.1. The average molecular weight is 306 g/mol. The summed E-state index contributed by atoms with van der Waals surface area (Å²) in [4.78, 5) is 24.8. The third kappa shape index (κ3) is 2.68. The second-order valence-electron chi connectivity index (χ2n) is 5.36. The number of carbonyl (C=O) groups is 1.